The highest BCUT2D eigenvalue weighted by atomic mass is 35.5. The number of nitro groups is 1. The SMILES string of the molecule is O=[N+]([O-])c1cc2c(cc1CN[C@@H](c1ccc(Cl)cc1)C1CC1)OCO2. The van der Waals surface area contributed by atoms with Gasteiger partial charge in [0, 0.05) is 23.2 Å². The first kappa shape index (κ1) is 16.2. The monoisotopic (exact) mass is 360 g/mol. The average molecular weight is 361 g/mol. The summed E-state index contributed by atoms with van der Waals surface area (Å²) in [5.74, 6) is 1.53. The molecule has 6 nitrogen and oxygen atoms in total. The summed E-state index contributed by atoms with van der Waals surface area (Å²) in [5, 5.41) is 15.6. The van der Waals surface area contributed by atoms with Gasteiger partial charge >= 0.3 is 0 Å². The second-order valence-electron chi connectivity index (χ2n) is 6.34. The van der Waals surface area contributed by atoms with Crippen molar-refractivity contribution < 1.29 is 14.4 Å². The molecule has 4 rings (SSSR count). The molecule has 1 heterocycles. The number of hydrogen-bond donors (Lipinski definition) is 1. The van der Waals surface area contributed by atoms with E-state index in [9.17, 15) is 10.1 Å². The van der Waals surface area contributed by atoms with Crippen molar-refractivity contribution >= 4 is 17.3 Å². The van der Waals surface area contributed by atoms with Gasteiger partial charge in [0.25, 0.3) is 5.69 Å². The summed E-state index contributed by atoms with van der Waals surface area (Å²) in [6.07, 6.45) is 2.31. The molecule has 0 bridgehead atoms. The van der Waals surface area contributed by atoms with Crippen LogP contribution in [0.25, 0.3) is 0 Å². The molecular weight excluding hydrogens is 344 g/mol. The van der Waals surface area contributed by atoms with Gasteiger partial charge in [-0.05, 0) is 42.5 Å². The van der Waals surface area contributed by atoms with E-state index in [-0.39, 0.29) is 23.4 Å². The third-order valence-electron chi connectivity index (χ3n) is 4.61. The first-order valence-electron chi connectivity index (χ1n) is 8.17. The molecule has 0 aromatic heterocycles. The third kappa shape index (κ3) is 3.41. The summed E-state index contributed by atoms with van der Waals surface area (Å²) in [5.41, 5.74) is 1.78. The predicted octanol–water partition coefficient (Wildman–Crippen LogP) is 4.22. The Bertz CT molecular complexity index is 805. The molecule has 0 saturated heterocycles. The predicted molar refractivity (Wildman–Crippen MR) is 93.0 cm³/mol. The lowest BCUT2D eigenvalue weighted by Crippen LogP contribution is -2.23. The van der Waals surface area contributed by atoms with Crippen LogP contribution in [0.15, 0.2) is 36.4 Å². The van der Waals surface area contributed by atoms with E-state index in [1.165, 1.54) is 6.07 Å². The number of ether oxygens (including phenoxy) is 2. The van der Waals surface area contributed by atoms with E-state index in [4.69, 9.17) is 21.1 Å². The van der Waals surface area contributed by atoms with Gasteiger partial charge in [0.05, 0.1) is 11.0 Å². The Balaban J connectivity index is 1.57. The highest BCUT2D eigenvalue weighted by molar-refractivity contribution is 6.30. The van der Waals surface area contributed by atoms with Gasteiger partial charge in [-0.15, -0.1) is 0 Å². The van der Waals surface area contributed by atoms with Crippen LogP contribution in [0.4, 0.5) is 5.69 Å². The van der Waals surface area contributed by atoms with Crippen molar-refractivity contribution in [1.29, 1.82) is 0 Å². The largest absolute Gasteiger partial charge is 0.454 e. The molecule has 2 aromatic rings. The van der Waals surface area contributed by atoms with Gasteiger partial charge in [0.15, 0.2) is 11.5 Å². The van der Waals surface area contributed by atoms with E-state index in [1.54, 1.807) is 6.07 Å². The molecule has 1 atom stereocenters. The molecule has 2 aliphatic rings. The summed E-state index contributed by atoms with van der Waals surface area (Å²) in [4.78, 5) is 11.0. The smallest absolute Gasteiger partial charge is 0.277 e. The van der Waals surface area contributed by atoms with Crippen LogP contribution in [-0.4, -0.2) is 11.7 Å². The van der Waals surface area contributed by atoms with Crippen molar-refractivity contribution in [2.24, 2.45) is 5.92 Å². The van der Waals surface area contributed by atoms with Crippen LogP contribution in [-0.2, 0) is 6.54 Å². The minimum Gasteiger partial charge on any atom is -0.454 e. The fourth-order valence-corrected chi connectivity index (χ4v) is 3.29. The summed E-state index contributed by atoms with van der Waals surface area (Å²) in [6.45, 7) is 0.482. The molecule has 1 aliphatic heterocycles. The zero-order valence-corrected chi connectivity index (χ0v) is 14.2. The molecule has 1 N–H and O–H groups in total. The summed E-state index contributed by atoms with van der Waals surface area (Å²) in [6, 6.07) is 11.0. The number of hydrogen-bond acceptors (Lipinski definition) is 5. The van der Waals surface area contributed by atoms with Crippen LogP contribution < -0.4 is 14.8 Å². The minimum absolute atomic E-state index is 0.0439. The Kier molecular flexibility index (Phi) is 4.23. The highest BCUT2D eigenvalue weighted by Crippen LogP contribution is 2.42. The molecule has 130 valence electrons. The Labute approximate surface area is 149 Å². The van der Waals surface area contributed by atoms with Crippen molar-refractivity contribution in [1.82, 2.24) is 5.32 Å². The van der Waals surface area contributed by atoms with Crippen LogP contribution in [0.5, 0.6) is 11.5 Å². The van der Waals surface area contributed by atoms with Crippen molar-refractivity contribution in [3.8, 4) is 11.5 Å². The van der Waals surface area contributed by atoms with E-state index in [2.05, 4.69) is 5.32 Å². The molecule has 1 fully saturated rings. The molecule has 7 heteroatoms. The van der Waals surface area contributed by atoms with E-state index >= 15 is 0 Å². The maximum atomic E-state index is 11.4. The topological polar surface area (TPSA) is 73.6 Å². The molecular formula is C18H17ClN2O4. The summed E-state index contributed by atoms with van der Waals surface area (Å²) < 4.78 is 10.6. The van der Waals surface area contributed by atoms with Crippen molar-refractivity contribution in [2.45, 2.75) is 25.4 Å². The molecule has 2 aromatic carbocycles. The van der Waals surface area contributed by atoms with Gasteiger partial charge in [0.2, 0.25) is 6.79 Å². The van der Waals surface area contributed by atoms with Crippen molar-refractivity contribution in [3.63, 3.8) is 0 Å². The van der Waals surface area contributed by atoms with Crippen molar-refractivity contribution in [3.05, 3.63) is 62.7 Å². The first-order chi connectivity index (χ1) is 12.1. The van der Waals surface area contributed by atoms with Crippen molar-refractivity contribution in [2.75, 3.05) is 6.79 Å². The molecule has 25 heavy (non-hydrogen) atoms. The fraction of sp³-hybridized carbons (Fsp3) is 0.333. The van der Waals surface area contributed by atoms with Gasteiger partial charge in [-0.25, -0.2) is 0 Å². The summed E-state index contributed by atoms with van der Waals surface area (Å²) >= 11 is 5.97. The highest BCUT2D eigenvalue weighted by Gasteiger charge is 2.32. The number of rotatable bonds is 6. The Morgan fingerprint density at radius 3 is 2.52 bits per heavy atom. The number of halogens is 1. The molecule has 0 spiro atoms. The van der Waals surface area contributed by atoms with Gasteiger partial charge in [0.1, 0.15) is 0 Å². The maximum Gasteiger partial charge on any atom is 0.277 e. The normalized spacial score (nSPS) is 16.7. The van der Waals surface area contributed by atoms with Crippen LogP contribution in [0, 0.1) is 16.0 Å². The lowest BCUT2D eigenvalue weighted by Gasteiger charge is -2.19. The first-order valence-corrected chi connectivity index (χ1v) is 8.55. The van der Waals surface area contributed by atoms with Gasteiger partial charge in [-0.1, -0.05) is 23.7 Å². The van der Waals surface area contributed by atoms with Crippen LogP contribution in [0.3, 0.4) is 0 Å². The number of nitro benzene ring substituents is 1. The lowest BCUT2D eigenvalue weighted by molar-refractivity contribution is -0.385. The minimum atomic E-state index is -0.382. The molecule has 0 radical (unpaired) electrons. The lowest BCUT2D eigenvalue weighted by atomic mass is 10.0. The Morgan fingerprint density at radius 1 is 1.20 bits per heavy atom. The quantitative estimate of drug-likeness (QED) is 0.616. The standard InChI is InChI=1S/C18H17ClN2O4/c19-14-5-3-12(4-6-14)18(11-1-2-11)20-9-13-7-16-17(25-10-24-16)8-15(13)21(22)23/h3-8,11,18,20H,1-2,9-10H2/t18-/m1/s1. The Morgan fingerprint density at radius 2 is 1.88 bits per heavy atom. The van der Waals surface area contributed by atoms with Gasteiger partial charge in [-0.2, -0.15) is 0 Å². The van der Waals surface area contributed by atoms with E-state index in [0.29, 0.717) is 34.5 Å². The number of benzene rings is 2. The maximum absolute atomic E-state index is 11.4. The fourth-order valence-electron chi connectivity index (χ4n) is 3.16. The average Bonchev–Trinajstić information content (AvgIpc) is 3.33. The van der Waals surface area contributed by atoms with Crippen LogP contribution in [0.2, 0.25) is 5.02 Å². The van der Waals surface area contributed by atoms with E-state index in [1.807, 2.05) is 24.3 Å². The molecule has 1 aliphatic carbocycles. The van der Waals surface area contributed by atoms with E-state index < -0.39 is 0 Å². The third-order valence-corrected chi connectivity index (χ3v) is 4.86. The summed E-state index contributed by atoms with van der Waals surface area (Å²) in [7, 11) is 0. The number of nitrogens with zero attached hydrogens (tertiary/aromatic N) is 1. The van der Waals surface area contributed by atoms with Crippen LogP contribution >= 0.6 is 11.6 Å². The zero-order chi connectivity index (χ0) is 17.4. The second-order valence-corrected chi connectivity index (χ2v) is 6.78. The molecule has 1 saturated carbocycles. The Hall–Kier alpha value is -2.31. The van der Waals surface area contributed by atoms with Crippen LogP contribution in [0.1, 0.15) is 30.0 Å². The molecule has 0 amide bonds. The number of fused-ring (bicyclic) bond motifs is 1. The van der Waals surface area contributed by atoms with Gasteiger partial charge < -0.3 is 14.8 Å². The number of nitrogens with one attached hydrogen (secondary N) is 1. The van der Waals surface area contributed by atoms with Gasteiger partial charge in [-0.3, -0.25) is 10.1 Å². The molecule has 0 unspecified atom stereocenters. The van der Waals surface area contributed by atoms with E-state index in [0.717, 1.165) is 18.4 Å². The zero-order valence-electron chi connectivity index (χ0n) is 13.4. The second kappa shape index (κ2) is 6.54.